The monoisotopic (exact) mass is 354 g/mol. The molecule has 1 aromatic carbocycles. The molecule has 24 heavy (non-hydrogen) atoms. The molecule has 3 fully saturated rings. The van der Waals surface area contributed by atoms with Gasteiger partial charge in [0.2, 0.25) is 0 Å². The fraction of sp³-hybridized carbons (Fsp3) is 0.647. The van der Waals surface area contributed by atoms with E-state index in [0.717, 1.165) is 5.56 Å². The van der Waals surface area contributed by atoms with Crippen molar-refractivity contribution in [3.05, 3.63) is 29.8 Å². The summed E-state index contributed by atoms with van der Waals surface area (Å²) in [5, 5.41) is 0. The van der Waals surface area contributed by atoms with E-state index >= 15 is 0 Å². The summed E-state index contributed by atoms with van der Waals surface area (Å²) in [4.78, 5) is 0.170. The molecule has 0 bridgehead atoms. The molecule has 2 aliphatic heterocycles. The van der Waals surface area contributed by atoms with Gasteiger partial charge in [-0.2, -0.15) is 8.42 Å². The number of aryl methyl sites for hydroxylation is 1. The molecule has 0 unspecified atom stereocenters. The van der Waals surface area contributed by atoms with Crippen LogP contribution in [0, 0.1) is 12.8 Å². The molecule has 2 heterocycles. The number of rotatable bonds is 4. The van der Waals surface area contributed by atoms with Crippen LogP contribution in [0.3, 0.4) is 0 Å². The molecule has 0 N–H and O–H groups in total. The highest BCUT2D eigenvalue weighted by Crippen LogP contribution is 2.54. The number of fused-ring (bicyclic) bond motifs is 2. The van der Waals surface area contributed by atoms with Crippen LogP contribution in [0.4, 0.5) is 0 Å². The quantitative estimate of drug-likeness (QED) is 0.608. The molecule has 6 nitrogen and oxygen atoms in total. The summed E-state index contributed by atoms with van der Waals surface area (Å²) in [6.45, 7) is 6.34. The number of epoxide rings is 1. The van der Waals surface area contributed by atoms with Gasteiger partial charge in [-0.15, -0.1) is 0 Å². The van der Waals surface area contributed by atoms with Crippen LogP contribution >= 0.6 is 0 Å². The lowest BCUT2D eigenvalue weighted by molar-refractivity contribution is -0.163. The van der Waals surface area contributed by atoms with Crippen LogP contribution < -0.4 is 0 Å². The first kappa shape index (κ1) is 16.5. The minimum atomic E-state index is -3.78. The second kappa shape index (κ2) is 5.25. The Morgan fingerprint density at radius 3 is 2.50 bits per heavy atom. The number of benzene rings is 1. The lowest BCUT2D eigenvalue weighted by Crippen LogP contribution is -2.31. The van der Waals surface area contributed by atoms with Crippen molar-refractivity contribution in [2.24, 2.45) is 5.92 Å². The fourth-order valence-corrected chi connectivity index (χ4v) is 4.65. The van der Waals surface area contributed by atoms with Gasteiger partial charge < -0.3 is 14.2 Å². The van der Waals surface area contributed by atoms with E-state index in [4.69, 9.17) is 18.4 Å². The molecule has 1 saturated carbocycles. The van der Waals surface area contributed by atoms with Crippen LogP contribution in [-0.2, 0) is 28.5 Å². The molecule has 1 aromatic rings. The van der Waals surface area contributed by atoms with Crippen molar-refractivity contribution in [1.29, 1.82) is 0 Å². The van der Waals surface area contributed by atoms with Crippen LogP contribution in [0.5, 0.6) is 0 Å². The molecule has 4 atom stereocenters. The highest BCUT2D eigenvalue weighted by Gasteiger charge is 2.68. The Kier molecular flexibility index (Phi) is 3.61. The van der Waals surface area contributed by atoms with Gasteiger partial charge in [-0.1, -0.05) is 17.7 Å². The Labute approximate surface area is 142 Å². The van der Waals surface area contributed by atoms with Gasteiger partial charge in [-0.25, -0.2) is 0 Å². The Hall–Kier alpha value is -0.990. The molecule has 4 rings (SSSR count). The van der Waals surface area contributed by atoms with E-state index in [-0.39, 0.29) is 35.2 Å². The lowest BCUT2D eigenvalue weighted by Gasteiger charge is -2.22. The van der Waals surface area contributed by atoms with Crippen molar-refractivity contribution < 1.29 is 26.8 Å². The predicted octanol–water partition coefficient (Wildman–Crippen LogP) is 2.01. The first-order valence-corrected chi connectivity index (χ1v) is 9.57. The number of hydrogen-bond acceptors (Lipinski definition) is 6. The molecular formula is C17H22O6S. The highest BCUT2D eigenvalue weighted by molar-refractivity contribution is 7.86. The fourth-order valence-electron chi connectivity index (χ4n) is 3.69. The predicted molar refractivity (Wildman–Crippen MR) is 84.9 cm³/mol. The smallest absolute Gasteiger partial charge is 0.296 e. The van der Waals surface area contributed by atoms with Crippen LogP contribution in [-0.4, -0.2) is 45.2 Å². The molecular weight excluding hydrogens is 332 g/mol. The Morgan fingerprint density at radius 2 is 1.88 bits per heavy atom. The normalized spacial score (nSPS) is 36.9. The standard InChI is InChI=1S/C17H22O6S/c1-11-4-6-13(7-5-11)24(18,19)21-9-12-8-17(10-20-17)15-14(12)22-16(2,3)23-15/h4-7,12,14-15H,8-10H2,1-3H3/t12-,14-,15-,17+/m0/s1. The number of ether oxygens (including phenoxy) is 3. The highest BCUT2D eigenvalue weighted by atomic mass is 32.2. The van der Waals surface area contributed by atoms with Crippen molar-refractivity contribution >= 4 is 10.1 Å². The number of hydrogen-bond donors (Lipinski definition) is 0. The largest absolute Gasteiger partial charge is 0.367 e. The van der Waals surface area contributed by atoms with Gasteiger partial charge in [0.15, 0.2) is 5.79 Å². The Morgan fingerprint density at radius 1 is 1.21 bits per heavy atom. The van der Waals surface area contributed by atoms with Gasteiger partial charge in [0.1, 0.15) is 11.7 Å². The van der Waals surface area contributed by atoms with E-state index in [9.17, 15) is 8.42 Å². The van der Waals surface area contributed by atoms with Crippen LogP contribution in [0.25, 0.3) is 0 Å². The van der Waals surface area contributed by atoms with E-state index in [0.29, 0.717) is 13.0 Å². The summed E-state index contributed by atoms with van der Waals surface area (Å²) < 4.78 is 47.6. The summed E-state index contributed by atoms with van der Waals surface area (Å²) in [5.41, 5.74) is 0.680. The molecule has 0 aromatic heterocycles. The maximum absolute atomic E-state index is 12.4. The second-order valence-corrected chi connectivity index (χ2v) is 9.01. The topological polar surface area (TPSA) is 74.4 Å². The van der Waals surface area contributed by atoms with Gasteiger partial charge in [-0.05, 0) is 39.3 Å². The van der Waals surface area contributed by atoms with E-state index in [1.54, 1.807) is 24.3 Å². The zero-order chi connectivity index (χ0) is 17.2. The summed E-state index contributed by atoms with van der Waals surface area (Å²) in [5.74, 6) is -0.748. The summed E-state index contributed by atoms with van der Waals surface area (Å²) in [6, 6.07) is 6.63. The second-order valence-electron chi connectivity index (χ2n) is 7.39. The van der Waals surface area contributed by atoms with Gasteiger partial charge >= 0.3 is 0 Å². The average molecular weight is 354 g/mol. The maximum Gasteiger partial charge on any atom is 0.296 e. The maximum atomic E-state index is 12.4. The van der Waals surface area contributed by atoms with Gasteiger partial charge in [0.25, 0.3) is 10.1 Å². The third-order valence-corrected chi connectivity index (χ3v) is 6.28. The van der Waals surface area contributed by atoms with Gasteiger partial charge in [-0.3, -0.25) is 4.18 Å². The van der Waals surface area contributed by atoms with Crippen molar-refractivity contribution in [3.8, 4) is 0 Å². The van der Waals surface area contributed by atoms with E-state index in [1.165, 1.54) is 0 Å². The third kappa shape index (κ3) is 2.78. The van der Waals surface area contributed by atoms with Crippen molar-refractivity contribution in [1.82, 2.24) is 0 Å². The third-order valence-electron chi connectivity index (χ3n) is 4.98. The van der Waals surface area contributed by atoms with E-state index in [1.807, 2.05) is 20.8 Å². The van der Waals surface area contributed by atoms with Gasteiger partial charge in [0, 0.05) is 5.92 Å². The lowest BCUT2D eigenvalue weighted by atomic mass is 10.1. The van der Waals surface area contributed by atoms with Crippen molar-refractivity contribution in [3.63, 3.8) is 0 Å². The zero-order valence-electron chi connectivity index (χ0n) is 14.0. The minimum absolute atomic E-state index is 0.0699. The minimum Gasteiger partial charge on any atom is -0.367 e. The molecule has 1 aliphatic carbocycles. The first-order chi connectivity index (χ1) is 11.2. The molecule has 1 spiro atoms. The van der Waals surface area contributed by atoms with Crippen molar-refractivity contribution in [2.75, 3.05) is 13.2 Å². The van der Waals surface area contributed by atoms with E-state index in [2.05, 4.69) is 0 Å². The SMILES string of the molecule is Cc1ccc(S(=O)(=O)OC[C@@H]2C[C@@]3(CO3)[C@H]3OC(C)(C)O[C@@H]23)cc1. The van der Waals surface area contributed by atoms with E-state index < -0.39 is 15.9 Å². The molecule has 0 radical (unpaired) electrons. The average Bonchev–Trinajstić information content (AvgIpc) is 3.14. The summed E-state index contributed by atoms with van der Waals surface area (Å²) in [6.07, 6.45) is 0.348. The zero-order valence-corrected chi connectivity index (χ0v) is 14.8. The van der Waals surface area contributed by atoms with Crippen LogP contribution in [0.15, 0.2) is 29.2 Å². The van der Waals surface area contributed by atoms with Gasteiger partial charge in [0.05, 0.1) is 24.2 Å². The molecule has 0 amide bonds. The summed E-state index contributed by atoms with van der Waals surface area (Å²) >= 11 is 0. The molecule has 7 heteroatoms. The Bertz CT molecular complexity index is 735. The molecule has 2 saturated heterocycles. The molecule has 132 valence electrons. The van der Waals surface area contributed by atoms with Crippen LogP contribution in [0.1, 0.15) is 25.8 Å². The van der Waals surface area contributed by atoms with Crippen LogP contribution in [0.2, 0.25) is 0 Å². The first-order valence-electron chi connectivity index (χ1n) is 8.17. The Balaban J connectivity index is 1.47. The molecule has 3 aliphatic rings. The van der Waals surface area contributed by atoms with Crippen molar-refractivity contribution in [2.45, 2.75) is 55.7 Å². The summed E-state index contributed by atoms with van der Waals surface area (Å²) in [7, 11) is -3.78.